The summed E-state index contributed by atoms with van der Waals surface area (Å²) in [5.41, 5.74) is 2.25. The van der Waals surface area contributed by atoms with Crippen LogP contribution in [0.25, 0.3) is 10.2 Å². The van der Waals surface area contributed by atoms with Gasteiger partial charge in [-0.3, -0.25) is 4.79 Å². The molecule has 7 nitrogen and oxygen atoms in total. The fourth-order valence-electron chi connectivity index (χ4n) is 3.36. The third-order valence-electron chi connectivity index (χ3n) is 5.04. The van der Waals surface area contributed by atoms with Gasteiger partial charge in [-0.05, 0) is 43.4 Å². The standard InChI is InChI=1S/C20H20N4O3S/c1-23-6-8-24(9-7-23)20-22-15-4-3-14(11-18(15)28-20)21-19(25)13-2-5-16-17(10-13)27-12-26-16/h2-5,10-11H,6-9,12H2,1H3,(H,21,25). The molecule has 1 N–H and O–H groups in total. The summed E-state index contributed by atoms with van der Waals surface area (Å²) in [7, 11) is 2.14. The zero-order chi connectivity index (χ0) is 19.1. The molecule has 0 saturated carbocycles. The van der Waals surface area contributed by atoms with Crippen LogP contribution in [0.3, 0.4) is 0 Å². The largest absolute Gasteiger partial charge is 0.454 e. The summed E-state index contributed by atoms with van der Waals surface area (Å²) in [5.74, 6) is 1.09. The highest BCUT2D eigenvalue weighted by Crippen LogP contribution is 2.33. The van der Waals surface area contributed by atoms with Crippen LogP contribution in [-0.2, 0) is 0 Å². The summed E-state index contributed by atoms with van der Waals surface area (Å²) < 4.78 is 11.7. The van der Waals surface area contributed by atoms with Crippen molar-refractivity contribution >= 4 is 38.3 Å². The van der Waals surface area contributed by atoms with Gasteiger partial charge in [-0.2, -0.15) is 0 Å². The molecule has 3 aromatic rings. The molecule has 5 rings (SSSR count). The Morgan fingerprint density at radius 1 is 1.07 bits per heavy atom. The summed E-state index contributed by atoms with van der Waals surface area (Å²) in [6.45, 7) is 4.27. The molecule has 0 radical (unpaired) electrons. The Balaban J connectivity index is 1.34. The van der Waals surface area contributed by atoms with Gasteiger partial charge in [0.2, 0.25) is 6.79 Å². The van der Waals surface area contributed by atoms with Crippen LogP contribution in [0, 0.1) is 0 Å². The van der Waals surface area contributed by atoms with Gasteiger partial charge in [0.1, 0.15) is 0 Å². The lowest BCUT2D eigenvalue weighted by Crippen LogP contribution is -2.44. The van der Waals surface area contributed by atoms with Gasteiger partial charge in [0, 0.05) is 37.4 Å². The van der Waals surface area contributed by atoms with Crippen LogP contribution in [0.1, 0.15) is 10.4 Å². The molecule has 2 aliphatic heterocycles. The second-order valence-corrected chi connectivity index (χ2v) is 8.00. The topological polar surface area (TPSA) is 66.9 Å². The van der Waals surface area contributed by atoms with Gasteiger partial charge in [-0.15, -0.1) is 0 Å². The van der Waals surface area contributed by atoms with E-state index in [1.165, 1.54) is 0 Å². The molecule has 0 spiro atoms. The van der Waals surface area contributed by atoms with Gasteiger partial charge >= 0.3 is 0 Å². The van der Waals surface area contributed by atoms with E-state index in [-0.39, 0.29) is 12.7 Å². The Labute approximate surface area is 166 Å². The number of carbonyl (C=O) groups excluding carboxylic acids is 1. The molecule has 8 heteroatoms. The number of nitrogens with one attached hydrogen (secondary N) is 1. The van der Waals surface area contributed by atoms with E-state index in [1.54, 1.807) is 29.5 Å². The minimum atomic E-state index is -0.179. The number of likely N-dealkylation sites (N-methyl/N-ethyl adjacent to an activating group) is 1. The Morgan fingerprint density at radius 3 is 2.75 bits per heavy atom. The first kappa shape index (κ1) is 17.3. The van der Waals surface area contributed by atoms with Crippen molar-refractivity contribution in [1.29, 1.82) is 0 Å². The highest BCUT2D eigenvalue weighted by molar-refractivity contribution is 7.22. The number of carbonyl (C=O) groups is 1. The number of piperazine rings is 1. The number of thiazole rings is 1. The van der Waals surface area contributed by atoms with E-state index >= 15 is 0 Å². The average molecular weight is 396 g/mol. The molecule has 1 aromatic heterocycles. The van der Waals surface area contributed by atoms with Crippen LogP contribution in [0.5, 0.6) is 11.5 Å². The molecule has 0 bridgehead atoms. The first-order valence-electron chi connectivity index (χ1n) is 9.21. The van der Waals surface area contributed by atoms with E-state index in [2.05, 4.69) is 22.2 Å². The fourth-order valence-corrected chi connectivity index (χ4v) is 4.42. The van der Waals surface area contributed by atoms with Crippen molar-refractivity contribution in [3.8, 4) is 11.5 Å². The predicted octanol–water partition coefficient (Wildman–Crippen LogP) is 3.03. The number of hydrogen-bond donors (Lipinski definition) is 1. The SMILES string of the molecule is CN1CCN(c2nc3ccc(NC(=O)c4ccc5c(c4)OCO5)cc3s2)CC1. The lowest BCUT2D eigenvalue weighted by molar-refractivity contribution is 0.102. The molecule has 1 fully saturated rings. The predicted molar refractivity (Wildman–Crippen MR) is 110 cm³/mol. The van der Waals surface area contributed by atoms with Crippen molar-refractivity contribution in [3.05, 3.63) is 42.0 Å². The number of aromatic nitrogens is 1. The molecule has 2 aliphatic rings. The summed E-state index contributed by atoms with van der Waals surface area (Å²) in [4.78, 5) is 22.0. The summed E-state index contributed by atoms with van der Waals surface area (Å²) in [6, 6.07) is 11.0. The van der Waals surface area contributed by atoms with Crippen molar-refractivity contribution in [1.82, 2.24) is 9.88 Å². The van der Waals surface area contributed by atoms with Crippen LogP contribution in [0.4, 0.5) is 10.8 Å². The molecule has 1 amide bonds. The van der Waals surface area contributed by atoms with Crippen LogP contribution in [-0.4, -0.2) is 55.8 Å². The van der Waals surface area contributed by atoms with Crippen LogP contribution >= 0.6 is 11.3 Å². The van der Waals surface area contributed by atoms with Gasteiger partial charge in [-0.1, -0.05) is 11.3 Å². The second kappa shape index (κ2) is 6.96. The van der Waals surface area contributed by atoms with E-state index in [4.69, 9.17) is 14.5 Å². The molecule has 1 saturated heterocycles. The van der Waals surface area contributed by atoms with Crippen molar-refractivity contribution in [2.45, 2.75) is 0 Å². The van der Waals surface area contributed by atoms with E-state index in [9.17, 15) is 4.79 Å². The summed E-state index contributed by atoms with van der Waals surface area (Å²) >= 11 is 1.67. The summed E-state index contributed by atoms with van der Waals surface area (Å²) in [5, 5.41) is 4.00. The maximum absolute atomic E-state index is 12.6. The van der Waals surface area contributed by atoms with E-state index < -0.39 is 0 Å². The van der Waals surface area contributed by atoms with Gasteiger partial charge in [-0.25, -0.2) is 4.98 Å². The van der Waals surface area contributed by atoms with Crippen LogP contribution in [0.15, 0.2) is 36.4 Å². The zero-order valence-electron chi connectivity index (χ0n) is 15.5. The fraction of sp³-hybridized carbons (Fsp3) is 0.300. The van der Waals surface area contributed by atoms with E-state index in [0.717, 1.165) is 47.2 Å². The second-order valence-electron chi connectivity index (χ2n) is 6.99. The number of benzene rings is 2. The Kier molecular flexibility index (Phi) is 4.29. The number of hydrogen-bond acceptors (Lipinski definition) is 7. The Bertz CT molecular complexity index is 1040. The zero-order valence-corrected chi connectivity index (χ0v) is 16.3. The maximum Gasteiger partial charge on any atom is 0.255 e. The summed E-state index contributed by atoms with van der Waals surface area (Å²) in [6.07, 6.45) is 0. The monoisotopic (exact) mass is 396 g/mol. The van der Waals surface area contributed by atoms with Crippen LogP contribution in [0.2, 0.25) is 0 Å². The lowest BCUT2D eigenvalue weighted by Gasteiger charge is -2.31. The van der Waals surface area contributed by atoms with Gasteiger partial charge in [0.15, 0.2) is 16.6 Å². The molecule has 2 aromatic carbocycles. The first-order chi connectivity index (χ1) is 13.7. The molecular formula is C20H20N4O3S. The molecule has 0 unspecified atom stereocenters. The number of rotatable bonds is 3. The van der Waals surface area contributed by atoms with E-state index in [1.807, 2.05) is 18.2 Å². The smallest absolute Gasteiger partial charge is 0.255 e. The number of amides is 1. The number of nitrogens with zero attached hydrogens (tertiary/aromatic N) is 3. The molecule has 3 heterocycles. The van der Waals surface area contributed by atoms with E-state index in [0.29, 0.717) is 17.1 Å². The molecule has 0 aliphatic carbocycles. The van der Waals surface area contributed by atoms with Gasteiger partial charge in [0.05, 0.1) is 10.2 Å². The first-order valence-corrected chi connectivity index (χ1v) is 10.0. The van der Waals surface area contributed by atoms with Crippen LogP contribution < -0.4 is 19.7 Å². The molecular weight excluding hydrogens is 376 g/mol. The average Bonchev–Trinajstić information content (AvgIpc) is 3.34. The molecule has 28 heavy (non-hydrogen) atoms. The Morgan fingerprint density at radius 2 is 1.89 bits per heavy atom. The molecule has 144 valence electrons. The minimum Gasteiger partial charge on any atom is -0.454 e. The highest BCUT2D eigenvalue weighted by atomic mass is 32.1. The lowest BCUT2D eigenvalue weighted by atomic mass is 10.2. The van der Waals surface area contributed by atoms with Gasteiger partial charge < -0.3 is 24.6 Å². The van der Waals surface area contributed by atoms with Crippen molar-refractivity contribution < 1.29 is 14.3 Å². The highest BCUT2D eigenvalue weighted by Gasteiger charge is 2.19. The third-order valence-corrected chi connectivity index (χ3v) is 6.12. The molecule has 0 atom stereocenters. The normalized spacial score (nSPS) is 16.5. The number of anilines is 2. The van der Waals surface area contributed by atoms with Gasteiger partial charge in [0.25, 0.3) is 5.91 Å². The number of fused-ring (bicyclic) bond motifs is 2. The maximum atomic E-state index is 12.6. The minimum absolute atomic E-state index is 0.179. The third kappa shape index (κ3) is 3.25. The Hall–Kier alpha value is -2.84. The quantitative estimate of drug-likeness (QED) is 0.734. The van der Waals surface area contributed by atoms with Crippen molar-refractivity contribution in [2.24, 2.45) is 0 Å². The van der Waals surface area contributed by atoms with Crippen molar-refractivity contribution in [2.75, 3.05) is 50.2 Å². The number of ether oxygens (including phenoxy) is 2. The van der Waals surface area contributed by atoms with Crippen molar-refractivity contribution in [3.63, 3.8) is 0 Å².